The molecule has 3 rings (SSSR count). The highest BCUT2D eigenvalue weighted by atomic mass is 16.5. The van der Waals surface area contributed by atoms with Gasteiger partial charge in [0.1, 0.15) is 0 Å². The molecular formula is C14H16N4O3. The Bertz CT molecular complexity index is 635. The molecule has 2 aromatic rings. The molecule has 110 valence electrons. The third-order valence-corrected chi connectivity index (χ3v) is 3.19. The molecule has 1 aromatic heterocycles. The van der Waals surface area contributed by atoms with Crippen molar-refractivity contribution in [1.82, 2.24) is 15.0 Å². The molecule has 0 saturated carbocycles. The first-order valence-electron chi connectivity index (χ1n) is 6.77. The van der Waals surface area contributed by atoms with E-state index >= 15 is 0 Å². The molecule has 1 N–H and O–H groups in total. The highest BCUT2D eigenvalue weighted by Crippen LogP contribution is 2.21. The molecule has 7 nitrogen and oxygen atoms in total. The quantitative estimate of drug-likeness (QED) is 0.913. The third-order valence-electron chi connectivity index (χ3n) is 3.19. The number of ether oxygens (including phenoxy) is 1. The molecule has 0 unspecified atom stereocenters. The number of aryl methyl sites for hydroxylation is 1. The van der Waals surface area contributed by atoms with Gasteiger partial charge in [-0.3, -0.25) is 0 Å². The van der Waals surface area contributed by atoms with Crippen molar-refractivity contribution in [2.24, 2.45) is 0 Å². The molecular weight excluding hydrogens is 272 g/mol. The zero-order valence-electron chi connectivity index (χ0n) is 11.7. The van der Waals surface area contributed by atoms with E-state index in [1.54, 1.807) is 11.8 Å². The molecule has 1 aliphatic rings. The van der Waals surface area contributed by atoms with Gasteiger partial charge in [-0.15, -0.1) is 0 Å². The summed E-state index contributed by atoms with van der Waals surface area (Å²) in [6.45, 7) is 4.13. The van der Waals surface area contributed by atoms with Crippen molar-refractivity contribution in [3.05, 3.63) is 30.1 Å². The number of carbonyl (C=O) groups is 1. The first-order chi connectivity index (χ1) is 10.2. The van der Waals surface area contributed by atoms with Crippen molar-refractivity contribution in [2.45, 2.75) is 6.92 Å². The Morgan fingerprint density at radius 3 is 2.86 bits per heavy atom. The van der Waals surface area contributed by atoms with E-state index in [0.717, 1.165) is 5.56 Å². The van der Waals surface area contributed by atoms with Crippen LogP contribution in [0.4, 0.5) is 10.5 Å². The van der Waals surface area contributed by atoms with Crippen molar-refractivity contribution in [2.75, 3.05) is 31.6 Å². The van der Waals surface area contributed by atoms with Crippen LogP contribution in [0.3, 0.4) is 0 Å². The van der Waals surface area contributed by atoms with Gasteiger partial charge in [0.05, 0.1) is 13.2 Å². The molecule has 1 fully saturated rings. The molecule has 21 heavy (non-hydrogen) atoms. The van der Waals surface area contributed by atoms with E-state index in [-0.39, 0.29) is 6.03 Å². The van der Waals surface area contributed by atoms with Crippen LogP contribution in [-0.4, -0.2) is 47.4 Å². The van der Waals surface area contributed by atoms with Crippen molar-refractivity contribution in [1.29, 1.82) is 0 Å². The fourth-order valence-corrected chi connectivity index (χ4v) is 2.11. The van der Waals surface area contributed by atoms with Crippen LogP contribution in [0.15, 0.2) is 28.8 Å². The van der Waals surface area contributed by atoms with Gasteiger partial charge in [-0.25, -0.2) is 4.79 Å². The van der Waals surface area contributed by atoms with Crippen LogP contribution < -0.4 is 5.32 Å². The normalized spacial score (nSPS) is 15.0. The highest BCUT2D eigenvalue weighted by molar-refractivity contribution is 5.90. The number of morpholine rings is 1. The van der Waals surface area contributed by atoms with Gasteiger partial charge < -0.3 is 19.5 Å². The number of amides is 2. The summed E-state index contributed by atoms with van der Waals surface area (Å²) in [5, 5.41) is 6.63. The second kappa shape index (κ2) is 5.92. The van der Waals surface area contributed by atoms with Gasteiger partial charge >= 0.3 is 6.03 Å². The molecule has 0 radical (unpaired) electrons. The Morgan fingerprint density at radius 2 is 2.14 bits per heavy atom. The van der Waals surface area contributed by atoms with E-state index in [1.807, 2.05) is 24.3 Å². The molecule has 1 saturated heterocycles. The maximum absolute atomic E-state index is 12.1. The Hall–Kier alpha value is -2.41. The topological polar surface area (TPSA) is 80.5 Å². The van der Waals surface area contributed by atoms with Crippen LogP contribution in [0.5, 0.6) is 0 Å². The zero-order chi connectivity index (χ0) is 14.7. The molecule has 1 aliphatic heterocycles. The van der Waals surface area contributed by atoms with Crippen molar-refractivity contribution in [3.63, 3.8) is 0 Å². The summed E-state index contributed by atoms with van der Waals surface area (Å²) >= 11 is 0. The average Bonchev–Trinajstić information content (AvgIpc) is 2.95. The van der Waals surface area contributed by atoms with Crippen LogP contribution in [0, 0.1) is 6.92 Å². The van der Waals surface area contributed by atoms with Gasteiger partial charge in [0, 0.05) is 24.3 Å². The maximum atomic E-state index is 12.1. The van der Waals surface area contributed by atoms with Crippen molar-refractivity contribution in [3.8, 4) is 11.5 Å². The van der Waals surface area contributed by atoms with E-state index in [2.05, 4.69) is 15.5 Å². The van der Waals surface area contributed by atoms with E-state index in [4.69, 9.17) is 9.26 Å². The number of anilines is 1. The van der Waals surface area contributed by atoms with Gasteiger partial charge in [0.2, 0.25) is 0 Å². The Labute approximate surface area is 121 Å². The van der Waals surface area contributed by atoms with Crippen LogP contribution in [0.25, 0.3) is 11.5 Å². The minimum absolute atomic E-state index is 0.128. The predicted octanol–water partition coefficient (Wildman–Crippen LogP) is 1.91. The number of nitrogens with one attached hydrogen (secondary N) is 1. The summed E-state index contributed by atoms with van der Waals surface area (Å²) in [4.78, 5) is 18.0. The monoisotopic (exact) mass is 288 g/mol. The van der Waals surface area contributed by atoms with Crippen molar-refractivity contribution < 1.29 is 14.1 Å². The smallest absolute Gasteiger partial charge is 0.321 e. The number of hydrogen-bond donors (Lipinski definition) is 1. The lowest BCUT2D eigenvalue weighted by Crippen LogP contribution is -2.43. The number of benzene rings is 1. The van der Waals surface area contributed by atoms with Crippen molar-refractivity contribution >= 4 is 11.7 Å². The van der Waals surface area contributed by atoms with Crippen LogP contribution in [0.1, 0.15) is 5.82 Å². The number of aromatic nitrogens is 2. The van der Waals surface area contributed by atoms with Gasteiger partial charge in [-0.05, 0) is 25.1 Å². The lowest BCUT2D eigenvalue weighted by Gasteiger charge is -2.26. The summed E-state index contributed by atoms with van der Waals surface area (Å²) in [5.41, 5.74) is 1.47. The molecule has 2 amide bonds. The Kier molecular flexibility index (Phi) is 3.83. The summed E-state index contributed by atoms with van der Waals surface area (Å²) in [5.74, 6) is 1.02. The minimum Gasteiger partial charge on any atom is -0.378 e. The molecule has 0 aliphatic carbocycles. The maximum Gasteiger partial charge on any atom is 0.321 e. The van der Waals surface area contributed by atoms with Gasteiger partial charge in [0.25, 0.3) is 5.89 Å². The fraction of sp³-hybridized carbons (Fsp3) is 0.357. The van der Waals surface area contributed by atoms with Gasteiger partial charge in [-0.1, -0.05) is 11.2 Å². The Morgan fingerprint density at radius 1 is 1.33 bits per heavy atom. The number of hydrogen-bond acceptors (Lipinski definition) is 5. The highest BCUT2D eigenvalue weighted by Gasteiger charge is 2.17. The lowest BCUT2D eigenvalue weighted by atomic mass is 10.2. The molecule has 0 bridgehead atoms. The molecule has 1 aromatic carbocycles. The summed E-state index contributed by atoms with van der Waals surface area (Å²) in [7, 11) is 0. The number of rotatable bonds is 2. The Balaban J connectivity index is 1.72. The zero-order valence-corrected chi connectivity index (χ0v) is 11.7. The van der Waals surface area contributed by atoms with Crippen LogP contribution in [0.2, 0.25) is 0 Å². The third kappa shape index (κ3) is 3.19. The lowest BCUT2D eigenvalue weighted by molar-refractivity contribution is 0.0564. The van der Waals surface area contributed by atoms with E-state index in [9.17, 15) is 4.79 Å². The van der Waals surface area contributed by atoms with E-state index in [1.165, 1.54) is 0 Å². The summed E-state index contributed by atoms with van der Waals surface area (Å²) in [6.07, 6.45) is 0. The van der Waals surface area contributed by atoms with Gasteiger partial charge in [0.15, 0.2) is 5.82 Å². The second-order valence-electron chi connectivity index (χ2n) is 4.76. The first kappa shape index (κ1) is 13.6. The second-order valence-corrected chi connectivity index (χ2v) is 4.76. The molecule has 2 heterocycles. The number of nitrogens with zero attached hydrogens (tertiary/aromatic N) is 3. The number of carbonyl (C=O) groups excluding carboxylic acids is 1. The molecule has 0 atom stereocenters. The molecule has 0 spiro atoms. The van der Waals surface area contributed by atoms with Crippen LogP contribution >= 0.6 is 0 Å². The summed E-state index contributed by atoms with van der Waals surface area (Å²) < 4.78 is 10.4. The predicted molar refractivity (Wildman–Crippen MR) is 75.9 cm³/mol. The minimum atomic E-state index is -0.128. The standard InChI is InChI=1S/C14H16N4O3/c1-10-15-13(21-17-10)11-3-2-4-12(9-11)16-14(19)18-5-7-20-8-6-18/h2-4,9H,5-8H2,1H3,(H,16,19). The van der Waals surface area contributed by atoms with Gasteiger partial charge in [-0.2, -0.15) is 4.98 Å². The SMILES string of the molecule is Cc1noc(-c2cccc(NC(=O)N3CCOCC3)c2)n1. The number of urea groups is 1. The largest absolute Gasteiger partial charge is 0.378 e. The average molecular weight is 288 g/mol. The fourth-order valence-electron chi connectivity index (χ4n) is 2.11. The summed E-state index contributed by atoms with van der Waals surface area (Å²) in [6, 6.07) is 7.20. The molecule has 7 heteroatoms. The first-order valence-corrected chi connectivity index (χ1v) is 6.77. The van der Waals surface area contributed by atoms with E-state index in [0.29, 0.717) is 43.7 Å². The van der Waals surface area contributed by atoms with E-state index < -0.39 is 0 Å². The van der Waals surface area contributed by atoms with Crippen LogP contribution in [-0.2, 0) is 4.74 Å².